The van der Waals surface area contributed by atoms with E-state index in [2.05, 4.69) is 5.32 Å². The Hall–Kier alpha value is -3.13. The van der Waals surface area contributed by atoms with Gasteiger partial charge in [0.15, 0.2) is 0 Å². The highest BCUT2D eigenvalue weighted by molar-refractivity contribution is 6.09. The van der Waals surface area contributed by atoms with Crippen LogP contribution in [0.15, 0.2) is 48.0 Å². The van der Waals surface area contributed by atoms with Crippen LogP contribution in [-0.4, -0.2) is 13.0 Å². The Balaban J connectivity index is 2.27. The third-order valence-corrected chi connectivity index (χ3v) is 3.26. The molecule has 0 aliphatic heterocycles. The van der Waals surface area contributed by atoms with Crippen LogP contribution in [0.2, 0.25) is 0 Å². The second-order valence-corrected chi connectivity index (χ2v) is 4.83. The molecule has 4 nitrogen and oxygen atoms in total. The van der Waals surface area contributed by atoms with Crippen molar-refractivity contribution in [2.24, 2.45) is 0 Å². The lowest BCUT2D eigenvalue weighted by Crippen LogP contribution is -2.14. The van der Waals surface area contributed by atoms with Gasteiger partial charge >= 0.3 is 0 Å². The first-order valence-electron chi connectivity index (χ1n) is 6.87. The molecule has 1 N–H and O–H groups in total. The molecule has 0 saturated heterocycles. The Bertz CT molecular complexity index is 807. The molecule has 2 aromatic carbocycles. The highest BCUT2D eigenvalue weighted by Crippen LogP contribution is 2.20. The Kier molecular flexibility index (Phi) is 5.11. The molecule has 0 fully saturated rings. The number of nitrogens with zero attached hydrogens (tertiary/aromatic N) is 1. The summed E-state index contributed by atoms with van der Waals surface area (Å²) in [4.78, 5) is 12.1. The molecule has 1 amide bonds. The molecule has 116 valence electrons. The number of anilines is 1. The Morgan fingerprint density at radius 1 is 1.30 bits per heavy atom. The first-order valence-corrected chi connectivity index (χ1v) is 6.87. The van der Waals surface area contributed by atoms with Crippen molar-refractivity contribution < 1.29 is 13.9 Å². The molecule has 0 unspecified atom stereocenters. The second-order valence-electron chi connectivity index (χ2n) is 4.83. The maximum absolute atomic E-state index is 13.6. The number of hydrogen-bond acceptors (Lipinski definition) is 3. The quantitative estimate of drug-likeness (QED) is 0.692. The molecule has 5 heteroatoms. The fraction of sp³-hybridized carbons (Fsp3) is 0.111. The number of aryl methyl sites for hydroxylation is 1. The number of nitriles is 1. The van der Waals surface area contributed by atoms with E-state index in [4.69, 9.17) is 4.74 Å². The minimum Gasteiger partial charge on any atom is -0.497 e. The number of carbonyl (C=O) groups excluding carboxylic acids is 1. The van der Waals surface area contributed by atoms with Crippen molar-refractivity contribution in [3.63, 3.8) is 0 Å². The van der Waals surface area contributed by atoms with Gasteiger partial charge in [-0.05, 0) is 48.4 Å². The van der Waals surface area contributed by atoms with Crippen LogP contribution >= 0.6 is 0 Å². The van der Waals surface area contributed by atoms with E-state index < -0.39 is 11.7 Å². The van der Waals surface area contributed by atoms with Gasteiger partial charge < -0.3 is 10.1 Å². The molecular formula is C18H15FN2O2. The maximum Gasteiger partial charge on any atom is 0.266 e. The Morgan fingerprint density at radius 3 is 2.65 bits per heavy atom. The zero-order valence-electron chi connectivity index (χ0n) is 12.8. The van der Waals surface area contributed by atoms with Crippen LogP contribution in [0.3, 0.4) is 0 Å². The van der Waals surface area contributed by atoms with Crippen molar-refractivity contribution in [2.75, 3.05) is 12.4 Å². The average Bonchev–Trinajstić information content (AvgIpc) is 2.55. The second kappa shape index (κ2) is 7.23. The summed E-state index contributed by atoms with van der Waals surface area (Å²) in [7, 11) is 1.56. The van der Waals surface area contributed by atoms with Crippen LogP contribution in [0.5, 0.6) is 5.75 Å². The van der Waals surface area contributed by atoms with Gasteiger partial charge in [-0.3, -0.25) is 4.79 Å². The summed E-state index contributed by atoms with van der Waals surface area (Å²) in [6.45, 7) is 1.85. The number of benzene rings is 2. The van der Waals surface area contributed by atoms with Gasteiger partial charge in [0.1, 0.15) is 23.2 Å². The number of carbonyl (C=O) groups is 1. The summed E-state index contributed by atoms with van der Waals surface area (Å²) < 4.78 is 18.7. The molecule has 0 spiro atoms. The number of rotatable bonds is 4. The van der Waals surface area contributed by atoms with Crippen molar-refractivity contribution in [1.82, 2.24) is 0 Å². The molecule has 0 saturated carbocycles. The lowest BCUT2D eigenvalue weighted by Gasteiger charge is -2.07. The van der Waals surface area contributed by atoms with Crippen LogP contribution in [0, 0.1) is 24.1 Å². The smallest absolute Gasteiger partial charge is 0.266 e. The summed E-state index contributed by atoms with van der Waals surface area (Å²) in [5, 5.41) is 11.6. The van der Waals surface area contributed by atoms with E-state index in [9.17, 15) is 14.4 Å². The van der Waals surface area contributed by atoms with Crippen LogP contribution < -0.4 is 10.1 Å². The van der Waals surface area contributed by atoms with E-state index in [-0.39, 0.29) is 11.3 Å². The largest absolute Gasteiger partial charge is 0.497 e. The first kappa shape index (κ1) is 16.2. The molecular weight excluding hydrogens is 295 g/mol. The minimum atomic E-state index is -0.659. The monoisotopic (exact) mass is 310 g/mol. The summed E-state index contributed by atoms with van der Waals surface area (Å²) in [5.74, 6) is -0.527. The number of para-hydroxylation sites is 1. The van der Waals surface area contributed by atoms with Crippen molar-refractivity contribution >= 4 is 17.7 Å². The Morgan fingerprint density at radius 2 is 2.04 bits per heavy atom. The summed E-state index contributed by atoms with van der Waals surface area (Å²) in [5.41, 5.74) is 1.49. The van der Waals surface area contributed by atoms with Gasteiger partial charge in [-0.2, -0.15) is 5.26 Å². The molecule has 0 heterocycles. The number of methoxy groups -OCH3 is 1. The van der Waals surface area contributed by atoms with Gasteiger partial charge in [-0.25, -0.2) is 4.39 Å². The number of nitrogens with one attached hydrogen (secondary N) is 1. The van der Waals surface area contributed by atoms with E-state index in [0.29, 0.717) is 11.3 Å². The van der Waals surface area contributed by atoms with Crippen molar-refractivity contribution in [1.29, 1.82) is 5.26 Å². The molecule has 0 bridgehead atoms. The highest BCUT2D eigenvalue weighted by Gasteiger charge is 2.12. The zero-order chi connectivity index (χ0) is 16.8. The van der Waals surface area contributed by atoms with Gasteiger partial charge in [-0.1, -0.05) is 18.2 Å². The standard InChI is InChI=1S/C18H15FN2O2/c1-12-9-15(23-2)8-7-13(12)10-14(11-20)18(22)21-17-6-4-3-5-16(17)19/h3-10H,1-2H3,(H,21,22)/b14-10+. The van der Waals surface area contributed by atoms with Crippen LogP contribution in [0.1, 0.15) is 11.1 Å². The summed E-state index contributed by atoms with van der Waals surface area (Å²) in [6, 6.07) is 12.9. The van der Waals surface area contributed by atoms with Crippen LogP contribution in [0.25, 0.3) is 6.08 Å². The van der Waals surface area contributed by atoms with E-state index in [1.807, 2.05) is 13.0 Å². The van der Waals surface area contributed by atoms with Gasteiger partial charge in [0.25, 0.3) is 5.91 Å². The molecule has 23 heavy (non-hydrogen) atoms. The fourth-order valence-electron chi connectivity index (χ4n) is 1.99. The third kappa shape index (κ3) is 3.95. The number of amides is 1. The number of ether oxygens (including phenoxy) is 1. The number of halogens is 1. The van der Waals surface area contributed by atoms with Crippen molar-refractivity contribution in [3.8, 4) is 11.8 Å². The predicted molar refractivity (Wildman–Crippen MR) is 86.4 cm³/mol. The Labute approximate surface area is 133 Å². The van der Waals surface area contributed by atoms with Gasteiger partial charge in [0, 0.05) is 0 Å². The normalized spacial score (nSPS) is 10.8. The summed E-state index contributed by atoms with van der Waals surface area (Å²) in [6.07, 6.45) is 1.46. The molecule has 0 aromatic heterocycles. The molecule has 0 atom stereocenters. The first-order chi connectivity index (χ1) is 11.0. The minimum absolute atomic E-state index is 0.0325. The highest BCUT2D eigenvalue weighted by atomic mass is 19.1. The lowest BCUT2D eigenvalue weighted by molar-refractivity contribution is -0.112. The summed E-state index contributed by atoms with van der Waals surface area (Å²) >= 11 is 0. The van der Waals surface area contributed by atoms with Crippen LogP contribution in [0.4, 0.5) is 10.1 Å². The van der Waals surface area contributed by atoms with Gasteiger partial charge in [0.05, 0.1) is 12.8 Å². The molecule has 2 rings (SSSR count). The number of hydrogen-bond donors (Lipinski definition) is 1. The van der Waals surface area contributed by atoms with Crippen LogP contribution in [-0.2, 0) is 4.79 Å². The van der Waals surface area contributed by atoms with Gasteiger partial charge in [0.2, 0.25) is 0 Å². The van der Waals surface area contributed by atoms with E-state index in [1.54, 1.807) is 31.4 Å². The average molecular weight is 310 g/mol. The molecule has 0 radical (unpaired) electrons. The molecule has 0 aliphatic rings. The fourth-order valence-corrected chi connectivity index (χ4v) is 1.99. The van der Waals surface area contributed by atoms with E-state index in [0.717, 1.165) is 5.56 Å². The van der Waals surface area contributed by atoms with Crippen molar-refractivity contribution in [2.45, 2.75) is 6.92 Å². The topological polar surface area (TPSA) is 62.1 Å². The molecule has 2 aromatic rings. The zero-order valence-corrected chi connectivity index (χ0v) is 12.8. The van der Waals surface area contributed by atoms with E-state index in [1.165, 1.54) is 24.3 Å². The molecule has 0 aliphatic carbocycles. The van der Waals surface area contributed by atoms with Gasteiger partial charge in [-0.15, -0.1) is 0 Å². The van der Waals surface area contributed by atoms with Crippen molar-refractivity contribution in [3.05, 3.63) is 65.0 Å². The SMILES string of the molecule is COc1ccc(/C=C(\C#N)C(=O)Nc2ccccc2F)c(C)c1. The maximum atomic E-state index is 13.6. The lowest BCUT2D eigenvalue weighted by atomic mass is 10.1. The third-order valence-electron chi connectivity index (χ3n) is 3.26. The predicted octanol–water partition coefficient (Wildman–Crippen LogP) is 3.69. The van der Waals surface area contributed by atoms with E-state index >= 15 is 0 Å².